The monoisotopic (exact) mass is 398 g/mol. The van der Waals surface area contributed by atoms with Gasteiger partial charge in [0, 0.05) is 20.6 Å². The first-order valence-corrected chi connectivity index (χ1v) is 8.33. The summed E-state index contributed by atoms with van der Waals surface area (Å²) in [5, 5.41) is 8.63. The van der Waals surface area contributed by atoms with Gasteiger partial charge in [0.05, 0.1) is 5.69 Å². The fourth-order valence-electron chi connectivity index (χ4n) is 2.92. The van der Waals surface area contributed by atoms with Crippen molar-refractivity contribution in [3.05, 3.63) is 26.9 Å². The molecule has 1 heterocycles. The molecule has 106 valence electrons. The van der Waals surface area contributed by atoms with Gasteiger partial charge in [0.15, 0.2) is 5.82 Å². The molecule has 2 aromatic rings. The van der Waals surface area contributed by atoms with Gasteiger partial charge in [0.2, 0.25) is 0 Å². The van der Waals surface area contributed by atoms with Crippen molar-refractivity contribution in [3.63, 3.8) is 0 Å². The van der Waals surface area contributed by atoms with Crippen molar-refractivity contribution < 1.29 is 0 Å². The number of benzene rings is 1. The molecule has 2 N–H and O–H groups in total. The topological polar surface area (TPSA) is 56.7 Å². The molecule has 0 radical (unpaired) electrons. The van der Waals surface area contributed by atoms with Crippen LogP contribution in [-0.2, 0) is 0 Å². The first kappa shape index (κ1) is 14.1. The molecule has 6 heteroatoms. The molecule has 0 atom stereocenters. The molecule has 1 fully saturated rings. The van der Waals surface area contributed by atoms with E-state index in [1.807, 2.05) is 19.1 Å². The van der Waals surface area contributed by atoms with Gasteiger partial charge in [-0.2, -0.15) is 0 Å². The van der Waals surface area contributed by atoms with Crippen molar-refractivity contribution in [3.8, 4) is 11.4 Å². The smallest absolute Gasteiger partial charge is 0.166 e. The molecule has 1 aromatic carbocycles. The van der Waals surface area contributed by atoms with Crippen LogP contribution in [0.15, 0.2) is 21.1 Å². The predicted octanol–water partition coefficient (Wildman–Crippen LogP) is 4.48. The maximum absolute atomic E-state index is 6.21. The van der Waals surface area contributed by atoms with E-state index in [2.05, 4.69) is 46.6 Å². The Bertz CT molecular complexity index is 645. The Balaban J connectivity index is 2.16. The lowest BCUT2D eigenvalue weighted by molar-refractivity contribution is 0.510. The third-order valence-corrected chi connectivity index (χ3v) is 5.01. The molecule has 1 saturated carbocycles. The van der Waals surface area contributed by atoms with Crippen LogP contribution in [-0.4, -0.2) is 14.8 Å². The van der Waals surface area contributed by atoms with Gasteiger partial charge >= 0.3 is 0 Å². The van der Waals surface area contributed by atoms with Gasteiger partial charge < -0.3 is 10.3 Å². The lowest BCUT2D eigenvalue weighted by Gasteiger charge is -2.17. The molecule has 0 unspecified atom stereocenters. The molecule has 0 amide bonds. The van der Waals surface area contributed by atoms with Gasteiger partial charge in [0.25, 0.3) is 0 Å². The number of aryl methyl sites for hydroxylation is 1. The van der Waals surface area contributed by atoms with Gasteiger partial charge in [-0.15, -0.1) is 10.2 Å². The summed E-state index contributed by atoms with van der Waals surface area (Å²) in [7, 11) is 0. The number of rotatable bonds is 2. The SMILES string of the molecule is Cc1nnc(-c2cc(Br)cc(Br)c2N)n1C1CCCC1. The van der Waals surface area contributed by atoms with Gasteiger partial charge in [-0.25, -0.2) is 0 Å². The highest BCUT2D eigenvalue weighted by Crippen LogP contribution is 2.38. The van der Waals surface area contributed by atoms with Crippen LogP contribution in [0.2, 0.25) is 0 Å². The Morgan fingerprint density at radius 3 is 2.60 bits per heavy atom. The number of hydrogen-bond donors (Lipinski definition) is 1. The van der Waals surface area contributed by atoms with E-state index in [9.17, 15) is 0 Å². The highest BCUT2D eigenvalue weighted by Gasteiger charge is 2.24. The number of hydrogen-bond acceptors (Lipinski definition) is 3. The lowest BCUT2D eigenvalue weighted by Crippen LogP contribution is -2.09. The molecule has 0 aliphatic heterocycles. The Hall–Kier alpha value is -0.880. The number of anilines is 1. The highest BCUT2D eigenvalue weighted by molar-refractivity contribution is 9.11. The Morgan fingerprint density at radius 2 is 1.90 bits per heavy atom. The van der Waals surface area contributed by atoms with Crippen molar-refractivity contribution in [2.45, 2.75) is 38.6 Å². The van der Waals surface area contributed by atoms with Crippen LogP contribution in [0.25, 0.3) is 11.4 Å². The Kier molecular flexibility index (Phi) is 3.86. The molecule has 0 spiro atoms. The maximum Gasteiger partial charge on any atom is 0.166 e. The third kappa shape index (κ3) is 2.39. The van der Waals surface area contributed by atoms with Crippen LogP contribution in [0.1, 0.15) is 37.5 Å². The van der Waals surface area contributed by atoms with Crippen LogP contribution in [0.3, 0.4) is 0 Å². The molecule has 20 heavy (non-hydrogen) atoms. The largest absolute Gasteiger partial charge is 0.397 e. The van der Waals surface area contributed by atoms with E-state index < -0.39 is 0 Å². The summed E-state index contributed by atoms with van der Waals surface area (Å²) >= 11 is 7.01. The summed E-state index contributed by atoms with van der Waals surface area (Å²) in [5.41, 5.74) is 7.85. The predicted molar refractivity (Wildman–Crippen MR) is 87.5 cm³/mol. The molecule has 3 rings (SSSR count). The van der Waals surface area contributed by atoms with E-state index in [0.29, 0.717) is 11.7 Å². The first-order valence-electron chi connectivity index (χ1n) is 6.74. The fraction of sp³-hybridized carbons (Fsp3) is 0.429. The van der Waals surface area contributed by atoms with E-state index in [-0.39, 0.29) is 0 Å². The maximum atomic E-state index is 6.21. The standard InChI is InChI=1S/C14H16Br2N4/c1-8-18-19-14(20(8)10-4-2-3-5-10)11-6-9(15)7-12(16)13(11)17/h6-7,10H,2-5,17H2,1H3. The molecular weight excluding hydrogens is 384 g/mol. The second-order valence-corrected chi connectivity index (χ2v) is 7.00. The minimum Gasteiger partial charge on any atom is -0.397 e. The summed E-state index contributed by atoms with van der Waals surface area (Å²) in [6, 6.07) is 4.45. The van der Waals surface area contributed by atoms with E-state index >= 15 is 0 Å². The zero-order chi connectivity index (χ0) is 14.3. The summed E-state index contributed by atoms with van der Waals surface area (Å²) in [4.78, 5) is 0. The van der Waals surface area contributed by atoms with E-state index in [1.165, 1.54) is 25.7 Å². The van der Waals surface area contributed by atoms with E-state index in [1.54, 1.807) is 0 Å². The molecule has 4 nitrogen and oxygen atoms in total. The number of aromatic nitrogens is 3. The first-order chi connectivity index (χ1) is 9.58. The average Bonchev–Trinajstić information content (AvgIpc) is 3.02. The zero-order valence-electron chi connectivity index (χ0n) is 11.2. The minimum atomic E-state index is 0.497. The van der Waals surface area contributed by atoms with Gasteiger partial charge in [-0.05, 0) is 47.8 Å². The van der Waals surface area contributed by atoms with E-state index in [0.717, 1.165) is 26.2 Å². The number of halogens is 2. The van der Waals surface area contributed by atoms with Gasteiger partial charge in [-0.3, -0.25) is 0 Å². The second-order valence-electron chi connectivity index (χ2n) is 5.23. The van der Waals surface area contributed by atoms with Crippen molar-refractivity contribution in [1.29, 1.82) is 0 Å². The number of nitrogens with two attached hydrogens (primary N) is 1. The average molecular weight is 400 g/mol. The molecule has 1 aliphatic rings. The van der Waals surface area contributed by atoms with Crippen LogP contribution in [0.5, 0.6) is 0 Å². The molecular formula is C14H16Br2N4. The van der Waals surface area contributed by atoms with E-state index in [4.69, 9.17) is 5.73 Å². The van der Waals surface area contributed by atoms with Crippen LogP contribution < -0.4 is 5.73 Å². The van der Waals surface area contributed by atoms with Crippen molar-refractivity contribution >= 4 is 37.5 Å². The summed E-state index contributed by atoms with van der Waals surface area (Å²) in [6.07, 6.45) is 4.95. The highest BCUT2D eigenvalue weighted by atomic mass is 79.9. The molecule has 1 aliphatic carbocycles. The third-order valence-electron chi connectivity index (χ3n) is 3.89. The normalized spacial score (nSPS) is 15.9. The summed E-state index contributed by atoms with van der Waals surface area (Å²) in [5.74, 6) is 1.83. The lowest BCUT2D eigenvalue weighted by atomic mass is 10.1. The second kappa shape index (κ2) is 5.48. The van der Waals surface area contributed by atoms with Gasteiger partial charge in [0.1, 0.15) is 5.82 Å². The summed E-state index contributed by atoms with van der Waals surface area (Å²) < 4.78 is 4.10. The number of nitrogen functional groups attached to an aromatic ring is 1. The van der Waals surface area contributed by atoms with Gasteiger partial charge in [-0.1, -0.05) is 28.8 Å². The van der Waals surface area contributed by atoms with Crippen molar-refractivity contribution in [1.82, 2.24) is 14.8 Å². The quantitative estimate of drug-likeness (QED) is 0.757. The zero-order valence-corrected chi connectivity index (χ0v) is 14.4. The molecule has 0 bridgehead atoms. The van der Waals surface area contributed by atoms with Crippen LogP contribution in [0, 0.1) is 6.92 Å². The Morgan fingerprint density at radius 1 is 1.20 bits per heavy atom. The van der Waals surface area contributed by atoms with Crippen LogP contribution >= 0.6 is 31.9 Å². The Labute approximate surface area is 135 Å². The van der Waals surface area contributed by atoms with Crippen molar-refractivity contribution in [2.75, 3.05) is 5.73 Å². The molecule has 1 aromatic heterocycles. The minimum absolute atomic E-state index is 0.497. The van der Waals surface area contributed by atoms with Crippen molar-refractivity contribution in [2.24, 2.45) is 0 Å². The molecule has 0 saturated heterocycles. The van der Waals surface area contributed by atoms with Crippen LogP contribution in [0.4, 0.5) is 5.69 Å². The fourth-order valence-corrected chi connectivity index (χ4v) is 4.15. The summed E-state index contributed by atoms with van der Waals surface area (Å²) in [6.45, 7) is 2.01. The number of nitrogens with zero attached hydrogens (tertiary/aromatic N) is 3.